The summed E-state index contributed by atoms with van der Waals surface area (Å²) in [5, 5.41) is 2.16. The van der Waals surface area contributed by atoms with Gasteiger partial charge in [-0.25, -0.2) is 0 Å². The van der Waals surface area contributed by atoms with E-state index in [1.807, 2.05) is 22.7 Å². The number of thiophene rings is 2. The molecule has 2 aromatic heterocycles. The normalized spacial score (nSPS) is 19.1. The van der Waals surface area contributed by atoms with Crippen LogP contribution in [0.25, 0.3) is 9.40 Å². The minimum atomic E-state index is 0.350. The molecule has 3 rings (SSSR count). The molecule has 0 bridgehead atoms. The van der Waals surface area contributed by atoms with Crippen LogP contribution >= 0.6 is 22.7 Å². The lowest BCUT2D eigenvalue weighted by Gasteiger charge is -2.18. The van der Waals surface area contributed by atoms with Crippen molar-refractivity contribution in [3.63, 3.8) is 0 Å². The van der Waals surface area contributed by atoms with E-state index in [4.69, 9.17) is 5.84 Å². The number of hydrogen-bond acceptors (Lipinski definition) is 4. The lowest BCUT2D eigenvalue weighted by Crippen LogP contribution is -2.28. The van der Waals surface area contributed by atoms with Gasteiger partial charge >= 0.3 is 0 Å². The molecule has 92 valence electrons. The highest BCUT2D eigenvalue weighted by Crippen LogP contribution is 2.38. The Morgan fingerprint density at radius 2 is 2.18 bits per heavy atom. The van der Waals surface area contributed by atoms with Crippen LogP contribution in [0.4, 0.5) is 0 Å². The van der Waals surface area contributed by atoms with Gasteiger partial charge in [0.1, 0.15) is 0 Å². The summed E-state index contributed by atoms with van der Waals surface area (Å²) in [6.07, 6.45) is 6.78. The van der Waals surface area contributed by atoms with Crippen molar-refractivity contribution in [1.29, 1.82) is 0 Å². The van der Waals surface area contributed by atoms with Crippen LogP contribution in [0.1, 0.15) is 43.0 Å². The third-order valence-corrected chi connectivity index (χ3v) is 5.95. The Bertz CT molecular complexity index is 454. The predicted octanol–water partition coefficient (Wildman–Crippen LogP) is 4.05. The van der Waals surface area contributed by atoms with E-state index in [2.05, 4.69) is 22.9 Å². The summed E-state index contributed by atoms with van der Waals surface area (Å²) in [7, 11) is 0. The molecule has 4 heteroatoms. The van der Waals surface area contributed by atoms with E-state index < -0.39 is 0 Å². The molecule has 1 fully saturated rings. The zero-order chi connectivity index (χ0) is 11.7. The molecule has 2 aromatic rings. The molecule has 0 saturated heterocycles. The molecule has 0 aliphatic heterocycles. The van der Waals surface area contributed by atoms with Gasteiger partial charge in [0.05, 0.1) is 6.04 Å². The van der Waals surface area contributed by atoms with Crippen LogP contribution in [-0.2, 0) is 0 Å². The molecule has 0 aromatic carbocycles. The van der Waals surface area contributed by atoms with Gasteiger partial charge in [-0.05, 0) is 29.9 Å². The highest BCUT2D eigenvalue weighted by atomic mass is 32.1. The molecule has 0 spiro atoms. The lowest BCUT2D eigenvalue weighted by atomic mass is 9.98. The Kier molecular flexibility index (Phi) is 3.47. The number of fused-ring (bicyclic) bond motifs is 1. The molecule has 1 aliphatic carbocycles. The van der Waals surface area contributed by atoms with Gasteiger partial charge in [0.15, 0.2) is 0 Å². The van der Waals surface area contributed by atoms with Gasteiger partial charge in [-0.1, -0.05) is 25.7 Å². The highest BCUT2D eigenvalue weighted by molar-refractivity contribution is 7.26. The number of nitrogens with two attached hydrogens (primary N) is 1. The lowest BCUT2D eigenvalue weighted by molar-refractivity contribution is 0.404. The average molecular weight is 266 g/mol. The van der Waals surface area contributed by atoms with E-state index in [9.17, 15) is 0 Å². The SMILES string of the molecule is NNC(CC1CCCC1)c1cc2sccc2s1. The second-order valence-corrected chi connectivity index (χ2v) is 6.97. The number of hydrogen-bond donors (Lipinski definition) is 2. The zero-order valence-electron chi connectivity index (χ0n) is 9.82. The van der Waals surface area contributed by atoms with Crippen LogP contribution in [0.15, 0.2) is 17.5 Å². The molecule has 17 heavy (non-hydrogen) atoms. The van der Waals surface area contributed by atoms with Crippen molar-refractivity contribution >= 4 is 32.1 Å². The van der Waals surface area contributed by atoms with Crippen molar-refractivity contribution in [1.82, 2.24) is 5.43 Å². The van der Waals surface area contributed by atoms with Crippen LogP contribution in [0.3, 0.4) is 0 Å². The number of nitrogens with one attached hydrogen (secondary N) is 1. The summed E-state index contributed by atoms with van der Waals surface area (Å²) in [5.74, 6) is 6.61. The predicted molar refractivity (Wildman–Crippen MR) is 76.3 cm³/mol. The maximum atomic E-state index is 5.73. The molecule has 0 amide bonds. The molecule has 2 heterocycles. The first-order valence-electron chi connectivity index (χ1n) is 6.30. The molecular formula is C13H18N2S2. The quantitative estimate of drug-likeness (QED) is 0.647. The van der Waals surface area contributed by atoms with Gasteiger partial charge in [-0.15, -0.1) is 22.7 Å². The van der Waals surface area contributed by atoms with Crippen LogP contribution in [-0.4, -0.2) is 0 Å². The Morgan fingerprint density at radius 1 is 1.35 bits per heavy atom. The maximum absolute atomic E-state index is 5.73. The molecule has 1 aliphatic rings. The number of hydrazine groups is 1. The van der Waals surface area contributed by atoms with E-state index in [1.165, 1.54) is 46.4 Å². The second-order valence-electron chi connectivity index (χ2n) is 4.90. The van der Waals surface area contributed by atoms with Gasteiger partial charge in [-0.3, -0.25) is 11.3 Å². The fraction of sp³-hybridized carbons (Fsp3) is 0.538. The van der Waals surface area contributed by atoms with E-state index >= 15 is 0 Å². The van der Waals surface area contributed by atoms with Gasteiger partial charge in [0.2, 0.25) is 0 Å². The van der Waals surface area contributed by atoms with Crippen molar-refractivity contribution in [3.8, 4) is 0 Å². The second kappa shape index (κ2) is 5.06. The van der Waals surface area contributed by atoms with Crippen molar-refractivity contribution < 1.29 is 0 Å². The maximum Gasteiger partial charge on any atom is 0.0556 e. The average Bonchev–Trinajstić information content (AvgIpc) is 3.01. The smallest absolute Gasteiger partial charge is 0.0556 e. The first kappa shape index (κ1) is 11.7. The summed E-state index contributed by atoms with van der Waals surface area (Å²) >= 11 is 3.71. The Balaban J connectivity index is 1.77. The van der Waals surface area contributed by atoms with E-state index in [-0.39, 0.29) is 0 Å². The third kappa shape index (κ3) is 2.40. The zero-order valence-corrected chi connectivity index (χ0v) is 11.4. The van der Waals surface area contributed by atoms with Crippen LogP contribution in [0.5, 0.6) is 0 Å². The number of rotatable bonds is 4. The Hall–Kier alpha value is -0.420. The minimum Gasteiger partial charge on any atom is -0.271 e. The van der Waals surface area contributed by atoms with Crippen LogP contribution in [0, 0.1) is 5.92 Å². The Labute approximate surface area is 110 Å². The minimum absolute atomic E-state index is 0.350. The monoisotopic (exact) mass is 266 g/mol. The molecule has 0 radical (unpaired) electrons. The molecule has 3 N–H and O–H groups in total. The summed E-state index contributed by atoms with van der Waals surface area (Å²) in [5.41, 5.74) is 3.01. The van der Waals surface area contributed by atoms with Crippen molar-refractivity contribution in [3.05, 3.63) is 22.4 Å². The summed E-state index contributed by atoms with van der Waals surface area (Å²) < 4.78 is 2.80. The summed E-state index contributed by atoms with van der Waals surface area (Å²) in [6, 6.07) is 4.87. The first-order chi connectivity index (χ1) is 8.36. The fourth-order valence-corrected chi connectivity index (χ4v) is 4.99. The Morgan fingerprint density at radius 3 is 2.88 bits per heavy atom. The van der Waals surface area contributed by atoms with Crippen LogP contribution in [0.2, 0.25) is 0 Å². The first-order valence-corrected chi connectivity index (χ1v) is 7.99. The van der Waals surface area contributed by atoms with Crippen molar-refractivity contribution in [2.45, 2.75) is 38.1 Å². The molecule has 2 nitrogen and oxygen atoms in total. The van der Waals surface area contributed by atoms with E-state index in [1.54, 1.807) is 0 Å². The van der Waals surface area contributed by atoms with Gasteiger partial charge in [0, 0.05) is 14.3 Å². The third-order valence-electron chi connectivity index (χ3n) is 3.75. The highest BCUT2D eigenvalue weighted by Gasteiger charge is 2.22. The largest absolute Gasteiger partial charge is 0.271 e. The van der Waals surface area contributed by atoms with Gasteiger partial charge in [-0.2, -0.15) is 0 Å². The summed E-state index contributed by atoms with van der Waals surface area (Å²) in [4.78, 5) is 1.40. The van der Waals surface area contributed by atoms with Crippen molar-refractivity contribution in [2.75, 3.05) is 0 Å². The van der Waals surface area contributed by atoms with Crippen LogP contribution < -0.4 is 11.3 Å². The molecule has 1 atom stereocenters. The van der Waals surface area contributed by atoms with Gasteiger partial charge < -0.3 is 0 Å². The molecule has 1 unspecified atom stereocenters. The topological polar surface area (TPSA) is 38.0 Å². The molecule has 1 saturated carbocycles. The van der Waals surface area contributed by atoms with Crippen molar-refractivity contribution in [2.24, 2.45) is 11.8 Å². The van der Waals surface area contributed by atoms with Gasteiger partial charge in [0.25, 0.3) is 0 Å². The standard InChI is InChI=1S/C13H18N2S2/c14-15-10(7-9-3-1-2-4-9)12-8-13-11(17-12)5-6-16-13/h5-6,8-10,15H,1-4,7,14H2. The van der Waals surface area contributed by atoms with E-state index in [0.717, 1.165) is 5.92 Å². The fourth-order valence-electron chi connectivity index (χ4n) is 2.80. The molecular weight excluding hydrogens is 248 g/mol. The van der Waals surface area contributed by atoms with E-state index in [0.29, 0.717) is 6.04 Å². The summed E-state index contributed by atoms with van der Waals surface area (Å²) in [6.45, 7) is 0.